The van der Waals surface area contributed by atoms with E-state index in [-0.39, 0.29) is 10.6 Å². The summed E-state index contributed by atoms with van der Waals surface area (Å²) in [6, 6.07) is 0. The number of halogens is 4. The van der Waals surface area contributed by atoms with Crippen LogP contribution >= 0.6 is 11.6 Å². The molecule has 0 aliphatic carbocycles. The Hall–Kier alpha value is -1.37. The fraction of sp³-hybridized carbons (Fsp3) is 0.286. The largest absolute Gasteiger partial charge is 0.440 e. The molecule has 1 aromatic heterocycles. The third-order valence-corrected chi connectivity index (χ3v) is 2.08. The molecule has 0 aliphatic rings. The normalized spacial score (nSPS) is 11.5. The van der Waals surface area contributed by atoms with Crippen LogP contribution in [-0.2, 0) is 6.18 Å². The van der Waals surface area contributed by atoms with Gasteiger partial charge in [-0.2, -0.15) is 13.2 Å². The summed E-state index contributed by atoms with van der Waals surface area (Å²) in [5.74, 6) is 0. The molecule has 1 aromatic rings. The van der Waals surface area contributed by atoms with Gasteiger partial charge < -0.3 is 0 Å². The van der Waals surface area contributed by atoms with Crippen molar-refractivity contribution in [2.24, 2.45) is 0 Å². The van der Waals surface area contributed by atoms with Crippen LogP contribution in [0.25, 0.3) is 0 Å². The SMILES string of the molecule is Cc1c(Cl)cnc(C(F)(F)F)c1[N+](=O)[O-]. The first kappa shape index (κ1) is 11.7. The van der Waals surface area contributed by atoms with E-state index in [1.165, 1.54) is 0 Å². The lowest BCUT2D eigenvalue weighted by Crippen LogP contribution is -2.12. The number of alkyl halides is 3. The van der Waals surface area contributed by atoms with Crippen LogP contribution in [0.4, 0.5) is 18.9 Å². The summed E-state index contributed by atoms with van der Waals surface area (Å²) in [7, 11) is 0. The van der Waals surface area contributed by atoms with Crippen molar-refractivity contribution in [2.75, 3.05) is 0 Å². The topological polar surface area (TPSA) is 56.0 Å². The van der Waals surface area contributed by atoms with Crippen LogP contribution in [0.3, 0.4) is 0 Å². The van der Waals surface area contributed by atoms with Crippen LogP contribution < -0.4 is 0 Å². The van der Waals surface area contributed by atoms with E-state index < -0.39 is 22.5 Å². The Bertz CT molecular complexity index is 419. The van der Waals surface area contributed by atoms with Crippen LogP contribution in [0.5, 0.6) is 0 Å². The van der Waals surface area contributed by atoms with Crippen LogP contribution in [0.2, 0.25) is 5.02 Å². The van der Waals surface area contributed by atoms with Crippen molar-refractivity contribution >= 4 is 17.3 Å². The van der Waals surface area contributed by atoms with Gasteiger partial charge >= 0.3 is 11.9 Å². The predicted molar refractivity (Wildman–Crippen MR) is 45.6 cm³/mol. The first-order chi connectivity index (χ1) is 6.75. The maximum absolute atomic E-state index is 12.3. The molecule has 0 saturated carbocycles. The van der Waals surface area contributed by atoms with Crippen molar-refractivity contribution in [2.45, 2.75) is 13.1 Å². The highest BCUT2D eigenvalue weighted by molar-refractivity contribution is 6.31. The van der Waals surface area contributed by atoms with Crippen LogP contribution in [0.15, 0.2) is 6.20 Å². The van der Waals surface area contributed by atoms with Crippen molar-refractivity contribution in [1.29, 1.82) is 0 Å². The average molecular weight is 241 g/mol. The van der Waals surface area contributed by atoms with Crippen LogP contribution in [-0.4, -0.2) is 9.91 Å². The van der Waals surface area contributed by atoms with Crippen molar-refractivity contribution in [3.63, 3.8) is 0 Å². The maximum atomic E-state index is 12.3. The van der Waals surface area contributed by atoms with Gasteiger partial charge in [-0.15, -0.1) is 0 Å². The van der Waals surface area contributed by atoms with Crippen molar-refractivity contribution in [3.8, 4) is 0 Å². The molecular weight excluding hydrogens is 237 g/mol. The standard InChI is InChI=1S/C7H4ClF3N2O2/c1-3-4(8)2-12-6(7(9,10)11)5(3)13(14)15/h2H,1H3. The average Bonchev–Trinajstić information content (AvgIpc) is 2.06. The lowest BCUT2D eigenvalue weighted by atomic mass is 10.2. The van der Waals surface area contributed by atoms with Gasteiger partial charge in [0, 0.05) is 11.8 Å². The molecule has 0 bridgehead atoms. The van der Waals surface area contributed by atoms with E-state index in [1.54, 1.807) is 0 Å². The third-order valence-electron chi connectivity index (χ3n) is 1.70. The zero-order valence-corrected chi connectivity index (χ0v) is 8.06. The highest BCUT2D eigenvalue weighted by Gasteiger charge is 2.41. The molecule has 1 heterocycles. The van der Waals surface area contributed by atoms with E-state index >= 15 is 0 Å². The van der Waals surface area contributed by atoms with Crippen molar-refractivity contribution in [1.82, 2.24) is 4.98 Å². The van der Waals surface area contributed by atoms with E-state index in [0.717, 1.165) is 13.1 Å². The summed E-state index contributed by atoms with van der Waals surface area (Å²) in [5, 5.41) is 10.3. The number of nitrogens with zero attached hydrogens (tertiary/aromatic N) is 2. The van der Waals surface area contributed by atoms with Gasteiger partial charge in [0.2, 0.25) is 5.69 Å². The number of hydrogen-bond acceptors (Lipinski definition) is 3. The van der Waals surface area contributed by atoms with Gasteiger partial charge in [-0.05, 0) is 6.92 Å². The molecule has 0 spiro atoms. The summed E-state index contributed by atoms with van der Waals surface area (Å²) in [5.41, 5.74) is -2.88. The number of hydrogen-bond donors (Lipinski definition) is 0. The number of pyridine rings is 1. The minimum absolute atomic E-state index is 0.172. The van der Waals surface area contributed by atoms with Gasteiger partial charge in [-0.1, -0.05) is 11.6 Å². The summed E-state index contributed by atoms with van der Waals surface area (Å²) in [6.45, 7) is 1.14. The van der Waals surface area contributed by atoms with E-state index in [4.69, 9.17) is 11.6 Å². The van der Waals surface area contributed by atoms with Crippen LogP contribution in [0.1, 0.15) is 11.3 Å². The molecule has 0 fully saturated rings. The Balaban J connectivity index is 3.55. The Kier molecular flexibility index (Phi) is 2.85. The third kappa shape index (κ3) is 2.17. The molecule has 0 atom stereocenters. The second-order valence-corrected chi connectivity index (χ2v) is 3.09. The molecule has 0 saturated heterocycles. The Morgan fingerprint density at radius 3 is 2.47 bits per heavy atom. The second-order valence-electron chi connectivity index (χ2n) is 2.68. The summed E-state index contributed by atoms with van der Waals surface area (Å²) in [6.07, 6.45) is -4.12. The van der Waals surface area contributed by atoms with Gasteiger partial charge in [0.25, 0.3) is 0 Å². The molecule has 15 heavy (non-hydrogen) atoms. The fourth-order valence-corrected chi connectivity index (χ4v) is 1.14. The summed E-state index contributed by atoms with van der Waals surface area (Å²) >= 11 is 5.45. The van der Waals surface area contributed by atoms with E-state index in [0.29, 0.717) is 0 Å². The Labute approximate surface area is 86.8 Å². The maximum Gasteiger partial charge on any atom is 0.440 e. The van der Waals surface area contributed by atoms with Gasteiger partial charge in [-0.25, -0.2) is 4.98 Å². The zero-order chi connectivity index (χ0) is 11.8. The van der Waals surface area contributed by atoms with Crippen molar-refractivity contribution < 1.29 is 18.1 Å². The Morgan fingerprint density at radius 1 is 1.53 bits per heavy atom. The molecule has 8 heteroatoms. The lowest BCUT2D eigenvalue weighted by molar-refractivity contribution is -0.389. The highest BCUT2D eigenvalue weighted by atomic mass is 35.5. The first-order valence-electron chi connectivity index (χ1n) is 3.62. The van der Waals surface area contributed by atoms with Crippen LogP contribution in [0, 0.1) is 17.0 Å². The van der Waals surface area contributed by atoms with E-state index in [2.05, 4.69) is 4.98 Å². The molecule has 1 rings (SSSR count). The molecule has 0 aliphatic heterocycles. The molecular formula is C7H4ClF3N2O2. The van der Waals surface area contributed by atoms with Gasteiger partial charge in [0.05, 0.1) is 9.95 Å². The number of rotatable bonds is 1. The quantitative estimate of drug-likeness (QED) is 0.560. The van der Waals surface area contributed by atoms with Gasteiger partial charge in [0.15, 0.2) is 0 Å². The Morgan fingerprint density at radius 2 is 2.07 bits per heavy atom. The van der Waals surface area contributed by atoms with E-state index in [1.807, 2.05) is 0 Å². The molecule has 0 aromatic carbocycles. The minimum Gasteiger partial charge on any atom is -0.258 e. The number of nitro groups is 1. The van der Waals surface area contributed by atoms with Crippen molar-refractivity contribution in [3.05, 3.63) is 32.6 Å². The first-order valence-corrected chi connectivity index (χ1v) is 3.99. The molecule has 0 radical (unpaired) electrons. The van der Waals surface area contributed by atoms with Gasteiger partial charge in [0.1, 0.15) is 0 Å². The predicted octanol–water partition coefficient (Wildman–Crippen LogP) is 2.97. The van der Waals surface area contributed by atoms with Gasteiger partial charge in [-0.3, -0.25) is 10.1 Å². The minimum atomic E-state index is -4.86. The smallest absolute Gasteiger partial charge is 0.258 e. The second kappa shape index (κ2) is 3.65. The summed E-state index contributed by atoms with van der Waals surface area (Å²) < 4.78 is 36.9. The number of aromatic nitrogens is 1. The molecule has 0 unspecified atom stereocenters. The summed E-state index contributed by atoms with van der Waals surface area (Å²) in [4.78, 5) is 12.2. The molecule has 0 N–H and O–H groups in total. The van der Waals surface area contributed by atoms with E-state index in [9.17, 15) is 23.3 Å². The zero-order valence-electron chi connectivity index (χ0n) is 7.30. The molecule has 0 amide bonds. The molecule has 82 valence electrons. The highest BCUT2D eigenvalue weighted by Crippen LogP contribution is 2.37. The fourth-order valence-electron chi connectivity index (χ4n) is 1.00. The lowest BCUT2D eigenvalue weighted by Gasteiger charge is -2.08. The monoisotopic (exact) mass is 240 g/mol. The molecule has 4 nitrogen and oxygen atoms in total.